The molecule has 0 N–H and O–H groups in total. The molecular weight excluding hydrogens is 244 g/mol. The van der Waals surface area contributed by atoms with Crippen LogP contribution in [-0.2, 0) is 0 Å². The SMILES string of the molecule is CC.Cc1ccc2ccccc2cc2ccccc2o1. The van der Waals surface area contributed by atoms with Crippen molar-refractivity contribution in [1.29, 1.82) is 0 Å². The Morgan fingerprint density at radius 2 is 1.25 bits per heavy atom. The third-order valence-electron chi connectivity index (χ3n) is 2.99. The van der Waals surface area contributed by atoms with Crippen molar-refractivity contribution in [2.24, 2.45) is 0 Å². The van der Waals surface area contributed by atoms with Gasteiger partial charge in [0, 0.05) is 5.39 Å². The molecule has 0 amide bonds. The molecule has 0 atom stereocenters. The van der Waals surface area contributed by atoms with E-state index < -0.39 is 0 Å². The van der Waals surface area contributed by atoms with Crippen LogP contribution in [0.4, 0.5) is 0 Å². The van der Waals surface area contributed by atoms with Crippen LogP contribution in [0.1, 0.15) is 19.6 Å². The Morgan fingerprint density at radius 3 is 2.00 bits per heavy atom. The minimum Gasteiger partial charge on any atom is -0.461 e. The molecule has 0 saturated heterocycles. The molecule has 102 valence electrons. The monoisotopic (exact) mass is 264 g/mol. The number of rotatable bonds is 0. The summed E-state index contributed by atoms with van der Waals surface area (Å²) >= 11 is 0. The van der Waals surface area contributed by atoms with E-state index in [1.165, 1.54) is 10.8 Å². The molecule has 3 rings (SSSR count). The van der Waals surface area contributed by atoms with E-state index >= 15 is 0 Å². The van der Waals surface area contributed by atoms with Gasteiger partial charge in [-0.15, -0.1) is 0 Å². The van der Waals surface area contributed by atoms with E-state index in [2.05, 4.69) is 42.5 Å². The standard InChI is InChI=1S/C17H14O.C2H6/c1-13-10-11-14-6-2-3-7-15(14)12-16-8-4-5-9-17(16)18-13;1-2/h2-12H,1H3;1-2H3. The molecule has 20 heavy (non-hydrogen) atoms. The topological polar surface area (TPSA) is 13.1 Å². The molecule has 1 nitrogen and oxygen atoms in total. The maximum Gasteiger partial charge on any atom is 0.134 e. The van der Waals surface area contributed by atoms with E-state index in [1.807, 2.05) is 45.0 Å². The van der Waals surface area contributed by atoms with Crippen molar-refractivity contribution < 1.29 is 4.42 Å². The lowest BCUT2D eigenvalue weighted by Gasteiger charge is -1.93. The average Bonchev–Trinajstić information content (AvgIpc) is 2.56. The van der Waals surface area contributed by atoms with E-state index in [4.69, 9.17) is 4.42 Å². The van der Waals surface area contributed by atoms with Crippen molar-refractivity contribution in [3.05, 3.63) is 72.5 Å². The van der Waals surface area contributed by atoms with Crippen molar-refractivity contribution in [1.82, 2.24) is 0 Å². The third kappa shape index (κ3) is 3.18. The predicted molar refractivity (Wildman–Crippen MR) is 87.4 cm³/mol. The number of hydrogen-bond acceptors (Lipinski definition) is 1. The Kier molecular flexibility index (Phi) is 4.78. The summed E-state index contributed by atoms with van der Waals surface area (Å²) in [6.07, 6.45) is 0. The van der Waals surface area contributed by atoms with Crippen LogP contribution in [0.5, 0.6) is 0 Å². The van der Waals surface area contributed by atoms with Gasteiger partial charge in [0.05, 0.1) is 0 Å². The van der Waals surface area contributed by atoms with E-state index in [-0.39, 0.29) is 0 Å². The van der Waals surface area contributed by atoms with Crippen LogP contribution in [0, 0.1) is 6.92 Å². The van der Waals surface area contributed by atoms with Gasteiger partial charge in [-0.1, -0.05) is 62.4 Å². The molecule has 2 aromatic carbocycles. The fraction of sp³-hybridized carbons (Fsp3) is 0.158. The second kappa shape index (κ2) is 6.76. The van der Waals surface area contributed by atoms with E-state index in [1.54, 1.807) is 0 Å². The summed E-state index contributed by atoms with van der Waals surface area (Å²) in [4.78, 5) is 0. The largest absolute Gasteiger partial charge is 0.461 e. The lowest BCUT2D eigenvalue weighted by atomic mass is 10.1. The second-order valence-electron chi connectivity index (χ2n) is 4.36. The molecule has 0 unspecified atom stereocenters. The van der Waals surface area contributed by atoms with Crippen LogP contribution in [0.25, 0.3) is 21.7 Å². The van der Waals surface area contributed by atoms with Gasteiger partial charge in [0.2, 0.25) is 0 Å². The number of benzene rings is 2. The van der Waals surface area contributed by atoms with Crippen LogP contribution < -0.4 is 0 Å². The molecule has 0 fully saturated rings. The Hall–Kier alpha value is -2.28. The normalized spacial score (nSPS) is 9.75. The maximum atomic E-state index is 5.85. The minimum atomic E-state index is 0.896. The van der Waals surface area contributed by atoms with Crippen molar-refractivity contribution in [3.8, 4) is 0 Å². The van der Waals surface area contributed by atoms with Gasteiger partial charge < -0.3 is 4.42 Å². The second-order valence-corrected chi connectivity index (χ2v) is 4.36. The molecule has 0 aliphatic heterocycles. The van der Waals surface area contributed by atoms with Crippen LogP contribution in [0.2, 0.25) is 0 Å². The number of hydrogen-bond donors (Lipinski definition) is 0. The average molecular weight is 264 g/mol. The predicted octanol–water partition coefficient (Wildman–Crippen LogP) is 6.05. The Balaban J connectivity index is 0.000000704. The summed E-state index contributed by atoms with van der Waals surface area (Å²) in [6, 6.07) is 22.7. The highest BCUT2D eigenvalue weighted by Crippen LogP contribution is 2.18. The summed E-state index contributed by atoms with van der Waals surface area (Å²) < 4.78 is 5.85. The summed E-state index contributed by atoms with van der Waals surface area (Å²) in [7, 11) is 0. The van der Waals surface area contributed by atoms with Crippen molar-refractivity contribution >= 4 is 21.7 Å². The first-order valence-electron chi connectivity index (χ1n) is 7.05. The van der Waals surface area contributed by atoms with Gasteiger partial charge in [0.25, 0.3) is 0 Å². The van der Waals surface area contributed by atoms with Crippen LogP contribution in [-0.4, -0.2) is 0 Å². The highest BCUT2D eigenvalue weighted by molar-refractivity contribution is 5.88. The van der Waals surface area contributed by atoms with Gasteiger partial charge >= 0.3 is 0 Å². The number of aryl methyl sites for hydroxylation is 1. The maximum absolute atomic E-state index is 5.85. The summed E-state index contributed by atoms with van der Waals surface area (Å²) in [5.74, 6) is 0.896. The lowest BCUT2D eigenvalue weighted by molar-refractivity contribution is 0.569. The van der Waals surface area contributed by atoms with Gasteiger partial charge in [0.15, 0.2) is 0 Å². The first-order valence-corrected chi connectivity index (χ1v) is 7.05. The van der Waals surface area contributed by atoms with Gasteiger partial charge in [-0.2, -0.15) is 0 Å². The number of fused-ring (bicyclic) bond motifs is 2. The Labute approximate surface area is 120 Å². The molecule has 0 saturated carbocycles. The fourth-order valence-electron chi connectivity index (χ4n) is 2.07. The molecule has 0 radical (unpaired) electrons. The molecule has 0 bridgehead atoms. The van der Waals surface area contributed by atoms with Crippen molar-refractivity contribution in [2.45, 2.75) is 20.8 Å². The molecule has 0 aliphatic carbocycles. The van der Waals surface area contributed by atoms with Crippen molar-refractivity contribution in [3.63, 3.8) is 0 Å². The summed E-state index contributed by atoms with van der Waals surface area (Å²) in [5.41, 5.74) is 0.899. The third-order valence-corrected chi connectivity index (χ3v) is 2.99. The lowest BCUT2D eigenvalue weighted by Crippen LogP contribution is -1.68. The minimum absolute atomic E-state index is 0.896. The quantitative estimate of drug-likeness (QED) is 0.482. The van der Waals surface area contributed by atoms with Gasteiger partial charge in [0.1, 0.15) is 11.3 Å². The molecule has 0 spiro atoms. The fourth-order valence-corrected chi connectivity index (χ4v) is 2.07. The zero-order valence-corrected chi connectivity index (χ0v) is 12.3. The first-order chi connectivity index (χ1) is 9.83. The molecule has 1 heterocycles. The summed E-state index contributed by atoms with van der Waals surface area (Å²) in [5, 5.41) is 3.52. The zero-order valence-electron chi connectivity index (χ0n) is 12.3. The highest BCUT2D eigenvalue weighted by Gasteiger charge is 1.94. The van der Waals surface area contributed by atoms with Gasteiger partial charge in [-0.3, -0.25) is 0 Å². The molecule has 1 aromatic heterocycles. The van der Waals surface area contributed by atoms with E-state index in [0.29, 0.717) is 0 Å². The zero-order chi connectivity index (χ0) is 14.4. The van der Waals surface area contributed by atoms with E-state index in [0.717, 1.165) is 16.7 Å². The Bertz CT molecular complexity index is 752. The number of para-hydroxylation sites is 1. The Morgan fingerprint density at radius 1 is 0.650 bits per heavy atom. The van der Waals surface area contributed by atoms with Crippen molar-refractivity contribution in [2.75, 3.05) is 0 Å². The van der Waals surface area contributed by atoms with Gasteiger partial charge in [-0.25, -0.2) is 0 Å². The molecule has 3 aromatic rings. The highest BCUT2D eigenvalue weighted by atomic mass is 16.3. The molecule has 0 aliphatic rings. The molecular formula is C19H20O. The van der Waals surface area contributed by atoms with Gasteiger partial charge in [-0.05, 0) is 35.9 Å². The first kappa shape index (κ1) is 14.1. The molecule has 1 heteroatoms. The van der Waals surface area contributed by atoms with Crippen LogP contribution in [0.15, 0.2) is 71.1 Å². The summed E-state index contributed by atoms with van der Waals surface area (Å²) in [6.45, 7) is 5.97. The van der Waals surface area contributed by atoms with Crippen LogP contribution >= 0.6 is 0 Å². The smallest absolute Gasteiger partial charge is 0.134 e. The van der Waals surface area contributed by atoms with Crippen LogP contribution in [0.3, 0.4) is 0 Å². The van der Waals surface area contributed by atoms with E-state index in [9.17, 15) is 0 Å².